The Kier molecular flexibility index (Phi) is 8.92. The van der Waals surface area contributed by atoms with E-state index in [2.05, 4.69) is 5.32 Å². The van der Waals surface area contributed by atoms with Crippen molar-refractivity contribution >= 4 is 46.7 Å². The molecule has 1 aromatic rings. The number of carboxylic acid groups (broad SMARTS) is 1. The summed E-state index contributed by atoms with van der Waals surface area (Å²) < 4.78 is 4.87. The van der Waals surface area contributed by atoms with Gasteiger partial charge in [0.15, 0.2) is 4.84 Å². The van der Waals surface area contributed by atoms with E-state index in [0.29, 0.717) is 0 Å². The van der Waals surface area contributed by atoms with Gasteiger partial charge in [0, 0.05) is 12.1 Å². The van der Waals surface area contributed by atoms with Crippen molar-refractivity contribution in [2.75, 3.05) is 6.61 Å². The van der Waals surface area contributed by atoms with Crippen LogP contribution < -0.4 is 5.32 Å². The van der Waals surface area contributed by atoms with Gasteiger partial charge in [0.2, 0.25) is 0 Å². The van der Waals surface area contributed by atoms with Crippen molar-refractivity contribution in [3.05, 3.63) is 39.9 Å². The van der Waals surface area contributed by atoms with Gasteiger partial charge in [-0.1, -0.05) is 23.2 Å². The molecule has 0 saturated carbocycles. The van der Waals surface area contributed by atoms with E-state index < -0.39 is 59.2 Å². The molecule has 10 nitrogen and oxygen atoms in total. The van der Waals surface area contributed by atoms with Crippen LogP contribution >= 0.6 is 23.2 Å². The molecule has 0 aromatic heterocycles. The first-order chi connectivity index (χ1) is 12.6. The van der Waals surface area contributed by atoms with Crippen molar-refractivity contribution in [3.63, 3.8) is 0 Å². The summed E-state index contributed by atoms with van der Waals surface area (Å²) in [6.45, 7) is -0.497. The van der Waals surface area contributed by atoms with Crippen LogP contribution in [-0.4, -0.2) is 50.5 Å². The number of rotatable bonds is 10. The maximum absolute atomic E-state index is 11.7. The molecular formula is C15H16Cl2N2O8. The van der Waals surface area contributed by atoms with Gasteiger partial charge in [-0.15, -0.1) is 0 Å². The van der Waals surface area contributed by atoms with Gasteiger partial charge in [-0.3, -0.25) is 24.5 Å². The topological polar surface area (TPSA) is 156 Å². The first-order valence-electron chi connectivity index (χ1n) is 7.50. The Balaban J connectivity index is 2.85. The van der Waals surface area contributed by atoms with Crippen LogP contribution in [0.5, 0.6) is 0 Å². The zero-order valence-corrected chi connectivity index (χ0v) is 15.2. The number of carbonyl (C=O) groups is 3. The van der Waals surface area contributed by atoms with Crippen LogP contribution in [-0.2, 0) is 19.1 Å². The number of nitrogens with zero attached hydrogens (tertiary/aromatic N) is 1. The minimum absolute atomic E-state index is 0.201. The van der Waals surface area contributed by atoms with Crippen LogP contribution in [0.3, 0.4) is 0 Å². The van der Waals surface area contributed by atoms with E-state index >= 15 is 0 Å². The fourth-order valence-electron chi connectivity index (χ4n) is 1.95. The van der Waals surface area contributed by atoms with Gasteiger partial charge in [0.05, 0.1) is 23.8 Å². The van der Waals surface area contributed by atoms with Crippen LogP contribution in [0.25, 0.3) is 0 Å². The molecule has 0 radical (unpaired) electrons. The number of amides is 1. The molecule has 0 spiro atoms. The predicted molar refractivity (Wildman–Crippen MR) is 93.3 cm³/mol. The molecule has 27 heavy (non-hydrogen) atoms. The van der Waals surface area contributed by atoms with E-state index in [-0.39, 0.29) is 11.3 Å². The molecule has 148 valence electrons. The van der Waals surface area contributed by atoms with Gasteiger partial charge in [-0.05, 0) is 17.7 Å². The minimum Gasteiger partial charge on any atom is -0.481 e. The van der Waals surface area contributed by atoms with Gasteiger partial charge in [-0.25, -0.2) is 0 Å². The monoisotopic (exact) mass is 422 g/mol. The van der Waals surface area contributed by atoms with Gasteiger partial charge >= 0.3 is 11.9 Å². The Morgan fingerprint density at radius 1 is 1.19 bits per heavy atom. The number of aliphatic hydroxyl groups excluding tert-OH is 1. The van der Waals surface area contributed by atoms with Crippen LogP contribution in [0.4, 0.5) is 5.69 Å². The molecule has 1 aromatic carbocycles. The molecule has 0 heterocycles. The van der Waals surface area contributed by atoms with Gasteiger partial charge in [0.1, 0.15) is 12.7 Å². The number of hydrogen-bond acceptors (Lipinski definition) is 7. The average molecular weight is 423 g/mol. The molecule has 0 saturated heterocycles. The zero-order valence-electron chi connectivity index (χ0n) is 13.7. The highest BCUT2D eigenvalue weighted by atomic mass is 35.5. The number of nitro benzene ring substituents is 1. The molecule has 0 aliphatic rings. The molecule has 0 aliphatic carbocycles. The zero-order chi connectivity index (χ0) is 20.6. The van der Waals surface area contributed by atoms with Crippen LogP contribution in [0.1, 0.15) is 24.5 Å². The highest BCUT2D eigenvalue weighted by Crippen LogP contribution is 2.21. The quantitative estimate of drug-likeness (QED) is 0.220. The number of aliphatic carboxylic acids is 1. The highest BCUT2D eigenvalue weighted by Gasteiger charge is 2.27. The summed E-state index contributed by atoms with van der Waals surface area (Å²) in [4.78, 5) is 42.3. The second-order valence-electron chi connectivity index (χ2n) is 5.29. The van der Waals surface area contributed by atoms with Crippen molar-refractivity contribution in [1.29, 1.82) is 0 Å². The van der Waals surface area contributed by atoms with E-state index in [0.717, 1.165) is 12.1 Å². The molecule has 12 heteroatoms. The molecule has 0 fully saturated rings. The van der Waals surface area contributed by atoms with E-state index in [9.17, 15) is 29.6 Å². The summed E-state index contributed by atoms with van der Waals surface area (Å²) in [6, 6.07) is 3.68. The fraction of sp³-hybridized carbons (Fsp3) is 0.400. The number of halogens is 2. The number of nitrogens with one attached hydrogen (secondary N) is 1. The predicted octanol–water partition coefficient (Wildman–Crippen LogP) is 1.32. The summed E-state index contributed by atoms with van der Waals surface area (Å²) >= 11 is 10.9. The Hall–Kier alpha value is -2.43. The third-order valence-electron chi connectivity index (χ3n) is 3.32. The normalized spacial score (nSPS) is 12.9. The second kappa shape index (κ2) is 10.7. The molecule has 1 rings (SSSR count). The lowest BCUT2D eigenvalue weighted by atomic mass is 10.0. The highest BCUT2D eigenvalue weighted by molar-refractivity contribution is 6.53. The molecule has 0 bridgehead atoms. The van der Waals surface area contributed by atoms with Crippen molar-refractivity contribution in [1.82, 2.24) is 5.32 Å². The van der Waals surface area contributed by atoms with Crippen LogP contribution in [0, 0.1) is 10.1 Å². The molecule has 0 aliphatic heterocycles. The Bertz CT molecular complexity index is 696. The summed E-state index contributed by atoms with van der Waals surface area (Å²) in [7, 11) is 0. The molecular weight excluding hydrogens is 407 g/mol. The van der Waals surface area contributed by atoms with E-state index in [1.807, 2.05) is 0 Å². The van der Waals surface area contributed by atoms with Gasteiger partial charge in [-0.2, -0.15) is 0 Å². The smallest absolute Gasteiger partial charge is 0.306 e. The van der Waals surface area contributed by atoms with Crippen molar-refractivity contribution < 1.29 is 34.3 Å². The second-order valence-corrected chi connectivity index (χ2v) is 6.38. The van der Waals surface area contributed by atoms with Crippen molar-refractivity contribution in [2.45, 2.75) is 29.8 Å². The summed E-state index contributed by atoms with van der Waals surface area (Å²) in [5.41, 5.74) is 0.00129. The lowest BCUT2D eigenvalue weighted by Gasteiger charge is -2.24. The SMILES string of the molecule is O=C(O)CCC(=O)OCC(NC(=O)C(Cl)Cl)[C@@H](O)c1ccc([N+](=O)[O-])cc1. The number of carbonyl (C=O) groups excluding carboxylic acids is 2. The van der Waals surface area contributed by atoms with Gasteiger partial charge < -0.3 is 20.3 Å². The number of hydrogen-bond donors (Lipinski definition) is 3. The number of ether oxygens (including phenoxy) is 1. The number of nitro groups is 1. The lowest BCUT2D eigenvalue weighted by Crippen LogP contribution is -2.45. The maximum atomic E-state index is 11.7. The Morgan fingerprint density at radius 3 is 2.26 bits per heavy atom. The molecule has 1 unspecified atom stereocenters. The summed E-state index contributed by atoms with van der Waals surface area (Å²) in [5.74, 6) is -2.89. The molecule has 3 N–H and O–H groups in total. The standard InChI is InChI=1S/C15H16Cl2N2O8/c16-14(17)15(24)18-10(7-27-12(22)6-5-11(20)21)13(23)8-1-3-9(4-2-8)19(25)26/h1-4,10,13-14,23H,5-7H2,(H,18,24)(H,20,21)/t10?,13-/m0/s1. The van der Waals surface area contributed by atoms with Gasteiger partial charge in [0.25, 0.3) is 11.6 Å². The Labute approximate surface area is 163 Å². The number of carboxylic acids is 1. The third-order valence-corrected chi connectivity index (χ3v) is 3.72. The number of esters is 1. The first kappa shape index (κ1) is 22.6. The fourth-order valence-corrected chi connectivity index (χ4v) is 2.07. The average Bonchev–Trinajstić information content (AvgIpc) is 2.62. The Morgan fingerprint density at radius 2 is 1.78 bits per heavy atom. The minimum atomic E-state index is -1.45. The third kappa shape index (κ3) is 7.77. The molecule has 2 atom stereocenters. The summed E-state index contributed by atoms with van der Waals surface area (Å²) in [5, 5.41) is 31.9. The first-order valence-corrected chi connectivity index (χ1v) is 8.37. The van der Waals surface area contributed by atoms with Crippen molar-refractivity contribution in [3.8, 4) is 0 Å². The van der Waals surface area contributed by atoms with E-state index in [1.165, 1.54) is 12.1 Å². The summed E-state index contributed by atoms with van der Waals surface area (Å²) in [6.07, 6.45) is -2.24. The van der Waals surface area contributed by atoms with Crippen molar-refractivity contribution in [2.24, 2.45) is 0 Å². The number of aliphatic hydroxyl groups is 1. The lowest BCUT2D eigenvalue weighted by molar-refractivity contribution is -0.384. The van der Waals surface area contributed by atoms with Crippen LogP contribution in [0.2, 0.25) is 0 Å². The van der Waals surface area contributed by atoms with Crippen LogP contribution in [0.15, 0.2) is 24.3 Å². The molecule has 1 amide bonds. The number of non-ortho nitro benzene ring substituents is 1. The largest absolute Gasteiger partial charge is 0.481 e. The number of alkyl halides is 2. The number of benzene rings is 1. The van der Waals surface area contributed by atoms with E-state index in [4.69, 9.17) is 33.0 Å². The van der Waals surface area contributed by atoms with E-state index in [1.54, 1.807) is 0 Å². The maximum Gasteiger partial charge on any atom is 0.306 e.